The normalized spacial score (nSPS) is 12.9. The zero-order valence-electron chi connectivity index (χ0n) is 13.3. The predicted octanol–water partition coefficient (Wildman–Crippen LogP) is 3.96. The number of fused-ring (bicyclic) bond motifs is 1. The molecule has 0 N–H and O–H groups in total. The molecule has 4 nitrogen and oxygen atoms in total. The van der Waals surface area contributed by atoms with Crippen molar-refractivity contribution in [2.45, 2.75) is 17.9 Å². The van der Waals surface area contributed by atoms with E-state index in [0.29, 0.717) is 5.39 Å². The molecule has 6 heteroatoms. The monoisotopic (exact) mass is 358 g/mol. The first-order chi connectivity index (χ1) is 11.9. The van der Waals surface area contributed by atoms with Crippen molar-refractivity contribution in [1.82, 2.24) is 0 Å². The highest BCUT2D eigenvalue weighted by molar-refractivity contribution is 7.87. The summed E-state index contributed by atoms with van der Waals surface area (Å²) in [7, 11) is -4.14. The fraction of sp³-hybridized carbons (Fsp3) is 0.105. The molecule has 3 rings (SSSR count). The van der Waals surface area contributed by atoms with E-state index in [9.17, 15) is 17.6 Å². The second kappa shape index (κ2) is 6.74. The number of carbonyl (C=O) groups excluding carboxylic acids is 1. The highest BCUT2D eigenvalue weighted by Crippen LogP contribution is 2.25. The van der Waals surface area contributed by atoms with Crippen molar-refractivity contribution >= 4 is 26.7 Å². The van der Waals surface area contributed by atoms with E-state index in [0.717, 1.165) is 17.5 Å². The molecule has 0 aliphatic heterocycles. The van der Waals surface area contributed by atoms with E-state index < -0.39 is 27.8 Å². The van der Waals surface area contributed by atoms with Crippen molar-refractivity contribution in [3.63, 3.8) is 0 Å². The molecule has 0 heterocycles. The van der Waals surface area contributed by atoms with E-state index >= 15 is 0 Å². The van der Waals surface area contributed by atoms with Crippen molar-refractivity contribution in [3.05, 3.63) is 78.1 Å². The number of halogens is 1. The van der Waals surface area contributed by atoms with Crippen LogP contribution >= 0.6 is 0 Å². The molecule has 0 aliphatic rings. The number of benzene rings is 3. The van der Waals surface area contributed by atoms with Gasteiger partial charge in [-0.15, -0.1) is 0 Å². The molecule has 0 amide bonds. The van der Waals surface area contributed by atoms with Gasteiger partial charge in [0.15, 0.2) is 5.78 Å². The zero-order chi connectivity index (χ0) is 18.0. The van der Waals surface area contributed by atoms with Gasteiger partial charge in [-0.3, -0.25) is 8.98 Å². The summed E-state index contributed by atoms with van der Waals surface area (Å²) in [5, 5.41) is 1.27. The van der Waals surface area contributed by atoms with Crippen molar-refractivity contribution in [2.75, 3.05) is 0 Å². The number of carbonyl (C=O) groups is 1. The molecule has 3 aromatic rings. The smallest absolute Gasteiger partial charge is 0.291 e. The largest absolute Gasteiger partial charge is 0.298 e. The Hall–Kier alpha value is -2.57. The number of hydrogen-bond acceptors (Lipinski definition) is 4. The van der Waals surface area contributed by atoms with Gasteiger partial charge >= 0.3 is 0 Å². The number of Topliss-reactive ketones (excluding diaryl/α,β-unsaturated/α-hetero) is 1. The molecular weight excluding hydrogens is 343 g/mol. The molecule has 3 aromatic carbocycles. The molecule has 0 aromatic heterocycles. The molecule has 0 fully saturated rings. The number of ketones is 1. The average Bonchev–Trinajstić information content (AvgIpc) is 2.61. The first-order valence-electron chi connectivity index (χ1n) is 7.59. The lowest BCUT2D eigenvalue weighted by Gasteiger charge is -2.13. The lowest BCUT2D eigenvalue weighted by molar-refractivity contribution is 0.0826. The maximum absolute atomic E-state index is 13.0. The van der Waals surface area contributed by atoms with Crippen LogP contribution in [-0.4, -0.2) is 20.3 Å². The van der Waals surface area contributed by atoms with Crippen LogP contribution in [0, 0.1) is 5.82 Å². The Morgan fingerprint density at radius 1 is 0.960 bits per heavy atom. The van der Waals surface area contributed by atoms with Crippen LogP contribution in [0.4, 0.5) is 4.39 Å². The molecule has 0 saturated carbocycles. The number of rotatable bonds is 5. The van der Waals surface area contributed by atoms with Crippen LogP contribution in [0.2, 0.25) is 0 Å². The second-order valence-electron chi connectivity index (χ2n) is 5.54. The van der Waals surface area contributed by atoms with Crippen molar-refractivity contribution < 1.29 is 21.8 Å². The highest BCUT2D eigenvalue weighted by atomic mass is 32.2. The Morgan fingerprint density at radius 2 is 1.60 bits per heavy atom. The standard InChI is InChI=1S/C19H15FO4S/c1-13(19(21)15-9-11-16(20)12-10-15)24-25(22,23)18-8-4-6-14-5-2-3-7-17(14)18/h2-13H,1H3/t13-/m1/s1. The van der Waals surface area contributed by atoms with E-state index in [-0.39, 0.29) is 10.5 Å². The summed E-state index contributed by atoms with van der Waals surface area (Å²) >= 11 is 0. The van der Waals surface area contributed by atoms with Gasteiger partial charge in [-0.2, -0.15) is 8.42 Å². The first kappa shape index (κ1) is 17.3. The molecule has 0 unspecified atom stereocenters. The van der Waals surface area contributed by atoms with Crippen LogP contribution < -0.4 is 0 Å². The van der Waals surface area contributed by atoms with Crippen LogP contribution in [0.5, 0.6) is 0 Å². The van der Waals surface area contributed by atoms with Crippen LogP contribution in [0.15, 0.2) is 71.6 Å². The average molecular weight is 358 g/mol. The zero-order valence-corrected chi connectivity index (χ0v) is 14.2. The van der Waals surface area contributed by atoms with Crippen molar-refractivity contribution in [2.24, 2.45) is 0 Å². The molecule has 0 aliphatic carbocycles. The van der Waals surface area contributed by atoms with Gasteiger partial charge in [0.1, 0.15) is 16.8 Å². The van der Waals surface area contributed by atoms with E-state index in [1.54, 1.807) is 36.4 Å². The Bertz CT molecular complexity index is 1020. The molecular formula is C19H15FO4S. The van der Waals surface area contributed by atoms with Crippen molar-refractivity contribution in [1.29, 1.82) is 0 Å². The summed E-state index contributed by atoms with van der Waals surface area (Å²) in [5.74, 6) is -1.02. The van der Waals surface area contributed by atoms with Crippen LogP contribution in [0.3, 0.4) is 0 Å². The van der Waals surface area contributed by atoms with Gasteiger partial charge in [0, 0.05) is 10.9 Å². The van der Waals surface area contributed by atoms with Gasteiger partial charge in [-0.25, -0.2) is 4.39 Å². The third-order valence-electron chi connectivity index (χ3n) is 3.79. The van der Waals surface area contributed by atoms with Gasteiger partial charge in [0.25, 0.3) is 10.1 Å². The van der Waals surface area contributed by atoms with Crippen molar-refractivity contribution in [3.8, 4) is 0 Å². The quantitative estimate of drug-likeness (QED) is 0.512. The van der Waals surface area contributed by atoms with Gasteiger partial charge in [0.2, 0.25) is 0 Å². The van der Waals surface area contributed by atoms with Gasteiger partial charge in [0.05, 0.1) is 0 Å². The minimum Gasteiger partial charge on any atom is -0.291 e. The first-order valence-corrected chi connectivity index (χ1v) is 9.00. The van der Waals surface area contributed by atoms with Gasteiger partial charge < -0.3 is 0 Å². The minimum atomic E-state index is -4.14. The summed E-state index contributed by atoms with van der Waals surface area (Å²) in [6.45, 7) is 1.36. The van der Waals surface area contributed by atoms with Crippen LogP contribution in [0.1, 0.15) is 17.3 Å². The molecule has 1 atom stereocenters. The maximum atomic E-state index is 13.0. The molecule has 0 radical (unpaired) electrons. The maximum Gasteiger partial charge on any atom is 0.298 e. The Balaban J connectivity index is 1.90. The van der Waals surface area contributed by atoms with E-state index in [1.807, 2.05) is 0 Å². The summed E-state index contributed by atoms with van der Waals surface area (Å²) < 4.78 is 43.3. The topological polar surface area (TPSA) is 60.4 Å². The number of hydrogen-bond donors (Lipinski definition) is 0. The third-order valence-corrected chi connectivity index (χ3v) is 5.22. The Kier molecular flexibility index (Phi) is 4.65. The predicted molar refractivity (Wildman–Crippen MR) is 92.4 cm³/mol. The second-order valence-corrected chi connectivity index (χ2v) is 7.08. The van der Waals surface area contributed by atoms with E-state index in [4.69, 9.17) is 4.18 Å². The Labute approximate surface area is 145 Å². The summed E-state index contributed by atoms with van der Waals surface area (Å²) in [4.78, 5) is 12.3. The van der Waals surface area contributed by atoms with Gasteiger partial charge in [-0.05, 0) is 42.6 Å². The highest BCUT2D eigenvalue weighted by Gasteiger charge is 2.26. The molecule has 0 bridgehead atoms. The summed E-state index contributed by atoms with van der Waals surface area (Å²) in [6, 6.07) is 16.7. The lowest BCUT2D eigenvalue weighted by atomic mass is 10.1. The molecule has 0 saturated heterocycles. The van der Waals surface area contributed by atoms with E-state index in [2.05, 4.69) is 0 Å². The fourth-order valence-corrected chi connectivity index (χ4v) is 3.82. The minimum absolute atomic E-state index is 0.00403. The molecule has 25 heavy (non-hydrogen) atoms. The van der Waals surface area contributed by atoms with Gasteiger partial charge in [-0.1, -0.05) is 36.4 Å². The molecule has 0 spiro atoms. The van der Waals surface area contributed by atoms with E-state index in [1.165, 1.54) is 25.1 Å². The lowest BCUT2D eigenvalue weighted by Crippen LogP contribution is -2.24. The third kappa shape index (κ3) is 3.60. The van der Waals surface area contributed by atoms with Crippen LogP contribution in [0.25, 0.3) is 10.8 Å². The summed E-state index contributed by atoms with van der Waals surface area (Å²) in [6.07, 6.45) is -1.23. The Morgan fingerprint density at radius 3 is 2.32 bits per heavy atom. The SMILES string of the molecule is C[C@@H](OS(=O)(=O)c1cccc2ccccc12)C(=O)c1ccc(F)cc1. The van der Waals surface area contributed by atoms with Crippen LogP contribution in [-0.2, 0) is 14.3 Å². The molecule has 128 valence electrons. The fourth-order valence-electron chi connectivity index (χ4n) is 2.55. The summed E-state index contributed by atoms with van der Waals surface area (Å²) in [5.41, 5.74) is 0.182.